The van der Waals surface area contributed by atoms with E-state index in [1.54, 1.807) is 12.1 Å². The highest BCUT2D eigenvalue weighted by Gasteiger charge is 2.37. The van der Waals surface area contributed by atoms with Crippen molar-refractivity contribution < 1.29 is 14.4 Å². The lowest BCUT2D eigenvalue weighted by Gasteiger charge is -2.37. The van der Waals surface area contributed by atoms with Crippen molar-refractivity contribution in [2.45, 2.75) is 57.5 Å². The van der Waals surface area contributed by atoms with E-state index < -0.39 is 5.54 Å². The third-order valence-corrected chi connectivity index (χ3v) is 5.29. The number of carbonyl (C=O) groups is 3. The van der Waals surface area contributed by atoms with Gasteiger partial charge in [0, 0.05) is 24.1 Å². The van der Waals surface area contributed by atoms with Crippen molar-refractivity contribution in [3.8, 4) is 0 Å². The average molecular weight is 380 g/mol. The van der Waals surface area contributed by atoms with Gasteiger partial charge < -0.3 is 11.1 Å². The van der Waals surface area contributed by atoms with Crippen molar-refractivity contribution in [3.63, 3.8) is 0 Å². The van der Waals surface area contributed by atoms with Crippen LogP contribution in [0.5, 0.6) is 0 Å². The van der Waals surface area contributed by atoms with Gasteiger partial charge in [0.2, 0.25) is 17.7 Å². The number of nitrogens with zero attached hydrogens (tertiary/aromatic N) is 1. The predicted octanol–water partition coefficient (Wildman–Crippen LogP) is 2.60. The van der Waals surface area contributed by atoms with E-state index in [-0.39, 0.29) is 42.6 Å². The van der Waals surface area contributed by atoms with Gasteiger partial charge in [-0.1, -0.05) is 25.0 Å². The van der Waals surface area contributed by atoms with Gasteiger partial charge in [-0.3, -0.25) is 19.3 Å². The Kier molecular flexibility index (Phi) is 6.42. The first-order chi connectivity index (χ1) is 11.9. The number of amides is 3. The molecular weight excluding hydrogens is 354 g/mol. The number of benzene rings is 1. The molecule has 2 fully saturated rings. The maximum atomic E-state index is 12.5. The number of nitrogens with one attached hydrogen (secondary N) is 1. The topological polar surface area (TPSA) is 92.5 Å². The Labute approximate surface area is 159 Å². The highest BCUT2D eigenvalue weighted by atomic mass is 35.5. The van der Waals surface area contributed by atoms with E-state index in [1.165, 1.54) is 4.90 Å². The first kappa shape index (κ1) is 20.4. The molecule has 3 amide bonds. The molecule has 1 heterocycles. The van der Waals surface area contributed by atoms with Crippen LogP contribution in [0.15, 0.2) is 24.3 Å². The number of hydrogen-bond acceptors (Lipinski definition) is 4. The molecule has 0 aromatic heterocycles. The predicted molar refractivity (Wildman–Crippen MR) is 102 cm³/mol. The monoisotopic (exact) mass is 379 g/mol. The number of imide groups is 1. The first-order valence-electron chi connectivity index (χ1n) is 8.89. The highest BCUT2D eigenvalue weighted by Crippen LogP contribution is 2.32. The Hall–Kier alpha value is -1.92. The summed E-state index contributed by atoms with van der Waals surface area (Å²) in [5.41, 5.74) is 7.40. The highest BCUT2D eigenvalue weighted by molar-refractivity contribution is 6.01. The first-order valence-corrected chi connectivity index (χ1v) is 8.89. The fourth-order valence-corrected chi connectivity index (χ4v) is 3.69. The van der Waals surface area contributed by atoms with Crippen molar-refractivity contribution in [2.24, 2.45) is 11.7 Å². The molecule has 0 radical (unpaired) electrons. The lowest BCUT2D eigenvalue weighted by molar-refractivity contribution is -0.139. The summed E-state index contributed by atoms with van der Waals surface area (Å²) in [6.45, 7) is 2.24. The Morgan fingerprint density at radius 2 is 1.81 bits per heavy atom. The maximum Gasteiger partial charge on any atom is 0.229 e. The van der Waals surface area contributed by atoms with Crippen LogP contribution in [0, 0.1) is 5.92 Å². The number of hydrogen-bond donors (Lipinski definition) is 2. The van der Waals surface area contributed by atoms with E-state index in [2.05, 4.69) is 5.32 Å². The molecular formula is C19H26ClN3O3. The number of anilines is 1. The minimum atomic E-state index is -0.460. The molecule has 3 rings (SSSR count). The van der Waals surface area contributed by atoms with Crippen LogP contribution in [0.3, 0.4) is 0 Å². The molecule has 2 atom stereocenters. The zero-order valence-corrected chi connectivity index (χ0v) is 15.8. The van der Waals surface area contributed by atoms with Crippen molar-refractivity contribution in [2.75, 3.05) is 5.32 Å². The second-order valence-electron chi connectivity index (χ2n) is 7.36. The molecule has 7 heteroatoms. The summed E-state index contributed by atoms with van der Waals surface area (Å²) >= 11 is 0. The van der Waals surface area contributed by atoms with Crippen LogP contribution in [-0.2, 0) is 20.9 Å². The van der Waals surface area contributed by atoms with Gasteiger partial charge in [-0.05, 0) is 37.5 Å². The van der Waals surface area contributed by atoms with Crippen LogP contribution in [0.4, 0.5) is 5.69 Å². The summed E-state index contributed by atoms with van der Waals surface area (Å²) in [7, 11) is 0. The SMILES string of the molecule is CC1(N)CCCCC1C(=O)Nc1ccc(CN2C(=O)CCC2=O)cc1.Cl. The normalized spacial score (nSPS) is 25.8. The van der Waals surface area contributed by atoms with Gasteiger partial charge in [-0.25, -0.2) is 0 Å². The molecule has 1 saturated carbocycles. The third-order valence-electron chi connectivity index (χ3n) is 5.29. The van der Waals surface area contributed by atoms with Gasteiger partial charge in [0.25, 0.3) is 0 Å². The van der Waals surface area contributed by atoms with Crippen LogP contribution >= 0.6 is 12.4 Å². The summed E-state index contributed by atoms with van der Waals surface area (Å²) < 4.78 is 0. The van der Waals surface area contributed by atoms with Gasteiger partial charge in [-0.2, -0.15) is 0 Å². The quantitative estimate of drug-likeness (QED) is 0.786. The lowest BCUT2D eigenvalue weighted by atomic mass is 9.74. The van der Waals surface area contributed by atoms with Gasteiger partial charge in [0.15, 0.2) is 0 Å². The van der Waals surface area contributed by atoms with Crippen LogP contribution in [0.2, 0.25) is 0 Å². The standard InChI is InChI=1S/C19H25N3O3.ClH/c1-19(20)11-3-2-4-15(19)18(25)21-14-7-5-13(6-8-14)12-22-16(23)9-10-17(22)24;/h5-8,15H,2-4,9-12,20H2,1H3,(H,21,25);1H. The van der Waals surface area contributed by atoms with Crippen LogP contribution in [-0.4, -0.2) is 28.2 Å². The van der Waals surface area contributed by atoms with E-state index in [0.717, 1.165) is 31.2 Å². The zero-order chi connectivity index (χ0) is 18.0. The summed E-state index contributed by atoms with van der Waals surface area (Å²) in [5.74, 6) is -0.466. The Bertz CT molecular complexity index is 672. The molecule has 6 nitrogen and oxygen atoms in total. The van der Waals surface area contributed by atoms with Crippen LogP contribution in [0.1, 0.15) is 51.0 Å². The van der Waals surface area contributed by atoms with Gasteiger partial charge in [0.05, 0.1) is 12.5 Å². The molecule has 1 aromatic carbocycles. The lowest BCUT2D eigenvalue weighted by Crippen LogP contribution is -2.51. The molecule has 2 aliphatic rings. The van der Waals surface area contributed by atoms with Crippen molar-refractivity contribution in [1.82, 2.24) is 4.90 Å². The molecule has 3 N–H and O–H groups in total. The van der Waals surface area contributed by atoms with Crippen molar-refractivity contribution in [1.29, 1.82) is 0 Å². The Morgan fingerprint density at radius 1 is 1.19 bits per heavy atom. The number of nitrogens with two attached hydrogens (primary N) is 1. The second kappa shape index (κ2) is 8.18. The molecule has 142 valence electrons. The molecule has 1 saturated heterocycles. The second-order valence-corrected chi connectivity index (χ2v) is 7.36. The maximum absolute atomic E-state index is 12.5. The zero-order valence-electron chi connectivity index (χ0n) is 15.0. The molecule has 1 aromatic rings. The number of halogens is 1. The third kappa shape index (κ3) is 4.43. The average Bonchev–Trinajstić information content (AvgIpc) is 2.88. The Morgan fingerprint density at radius 3 is 2.38 bits per heavy atom. The Balaban J connectivity index is 0.00000243. The van der Waals surface area contributed by atoms with Gasteiger partial charge in [0.1, 0.15) is 0 Å². The van der Waals surface area contributed by atoms with Crippen molar-refractivity contribution >= 4 is 35.8 Å². The van der Waals surface area contributed by atoms with E-state index in [0.29, 0.717) is 18.5 Å². The van der Waals surface area contributed by atoms with Crippen molar-refractivity contribution in [3.05, 3.63) is 29.8 Å². The summed E-state index contributed by atoms with van der Waals surface area (Å²) in [6, 6.07) is 7.26. The summed E-state index contributed by atoms with van der Waals surface area (Å²) in [5, 5.41) is 2.94. The molecule has 2 unspecified atom stereocenters. The van der Waals surface area contributed by atoms with E-state index in [1.807, 2.05) is 19.1 Å². The molecule has 1 aliphatic carbocycles. The minimum Gasteiger partial charge on any atom is -0.326 e. The summed E-state index contributed by atoms with van der Waals surface area (Å²) in [6.07, 6.45) is 4.37. The fraction of sp³-hybridized carbons (Fsp3) is 0.526. The summed E-state index contributed by atoms with van der Waals surface area (Å²) in [4.78, 5) is 37.2. The molecule has 26 heavy (non-hydrogen) atoms. The molecule has 0 spiro atoms. The van der Waals surface area contributed by atoms with E-state index in [9.17, 15) is 14.4 Å². The largest absolute Gasteiger partial charge is 0.326 e. The smallest absolute Gasteiger partial charge is 0.229 e. The van der Waals surface area contributed by atoms with Gasteiger partial charge >= 0.3 is 0 Å². The number of likely N-dealkylation sites (tertiary alicyclic amines) is 1. The number of carbonyl (C=O) groups excluding carboxylic acids is 3. The minimum absolute atomic E-state index is 0. The fourth-order valence-electron chi connectivity index (χ4n) is 3.69. The van der Waals surface area contributed by atoms with E-state index >= 15 is 0 Å². The number of rotatable bonds is 4. The van der Waals surface area contributed by atoms with E-state index in [4.69, 9.17) is 5.73 Å². The van der Waals surface area contributed by atoms with Crippen LogP contribution < -0.4 is 11.1 Å². The molecule has 1 aliphatic heterocycles. The van der Waals surface area contributed by atoms with Crippen LogP contribution in [0.25, 0.3) is 0 Å². The molecule has 0 bridgehead atoms. The van der Waals surface area contributed by atoms with Gasteiger partial charge in [-0.15, -0.1) is 12.4 Å².